The fraction of sp³-hybridized carbons (Fsp3) is 0.259. The Hall–Kier alpha value is -0.0868. The number of nitrogens with zero attached hydrogens (tertiary/aromatic N) is 1. The second-order valence-electron chi connectivity index (χ2n) is 9.84. The molecule has 0 saturated heterocycles. The summed E-state index contributed by atoms with van der Waals surface area (Å²) in [6.45, 7) is 14.0. The van der Waals surface area contributed by atoms with Crippen LogP contribution in [0.1, 0.15) is 20.8 Å². The predicted octanol–water partition coefficient (Wildman–Crippen LogP) is 4.84. The molecule has 3 rings (SSSR count). The first-order chi connectivity index (χ1) is 14.6. The molecule has 0 aliphatic carbocycles. The second-order valence-corrected chi connectivity index (χ2v) is 18.9. The first-order valence-electron chi connectivity index (χ1n) is 10.8. The Balaban J connectivity index is 0.00000363. The summed E-state index contributed by atoms with van der Waals surface area (Å²) in [7, 11) is -2.58. The van der Waals surface area contributed by atoms with Gasteiger partial charge >= 0.3 is 51.4 Å². The topological polar surface area (TPSA) is 12.4 Å². The van der Waals surface area contributed by atoms with Crippen molar-refractivity contribution in [3.63, 3.8) is 0 Å². The van der Waals surface area contributed by atoms with Gasteiger partial charge in [0.1, 0.15) is 0 Å². The molecule has 0 aromatic heterocycles. The maximum atomic E-state index is 5.74. The molecule has 32 heavy (non-hydrogen) atoms. The van der Waals surface area contributed by atoms with Crippen LogP contribution >= 0.6 is 15.6 Å². The van der Waals surface area contributed by atoms with Crippen molar-refractivity contribution < 1.29 is 51.4 Å². The van der Waals surface area contributed by atoms with Gasteiger partial charge in [0, 0.05) is 7.05 Å². The Bertz CT molecular complexity index is 1020. The Kier molecular flexibility index (Phi) is 10.6. The standard InChI is InChI=1S/C27H34NP2Si.K/c1-27(2,3)26(29-23-16-10-7-11-17-23)22-30(28-31(4,5)6,24-18-12-8-13-19-24)25-20-14-9-15-21-25;/h7-22H,1-6H3;/q-1;+1/b26-22-;. The zero-order chi connectivity index (χ0) is 22.5. The zero-order valence-electron chi connectivity index (χ0n) is 20.6. The fourth-order valence-electron chi connectivity index (χ4n) is 3.44. The summed E-state index contributed by atoms with van der Waals surface area (Å²) in [5, 5.41) is 5.44. The van der Waals surface area contributed by atoms with Crippen LogP contribution in [0.5, 0.6) is 0 Å². The van der Waals surface area contributed by atoms with Crippen molar-refractivity contribution in [1.82, 2.24) is 0 Å². The van der Waals surface area contributed by atoms with Crippen LogP contribution in [0.4, 0.5) is 0 Å². The molecule has 0 heterocycles. The molecular weight excluding hydrogens is 467 g/mol. The van der Waals surface area contributed by atoms with Crippen LogP contribution in [0.25, 0.3) is 0 Å². The van der Waals surface area contributed by atoms with Gasteiger partial charge in [0.2, 0.25) is 0 Å². The van der Waals surface area contributed by atoms with Gasteiger partial charge in [-0.25, -0.2) is 10.6 Å². The van der Waals surface area contributed by atoms with Gasteiger partial charge in [0.25, 0.3) is 0 Å². The van der Waals surface area contributed by atoms with Crippen LogP contribution in [0.3, 0.4) is 0 Å². The van der Waals surface area contributed by atoms with E-state index in [2.05, 4.69) is 137 Å². The Morgan fingerprint density at radius 3 is 1.53 bits per heavy atom. The van der Waals surface area contributed by atoms with E-state index in [-0.39, 0.29) is 56.8 Å². The van der Waals surface area contributed by atoms with E-state index in [0.29, 0.717) is 0 Å². The number of hydrogen-bond donors (Lipinski definition) is 0. The second kappa shape index (κ2) is 12.0. The van der Waals surface area contributed by atoms with Crippen molar-refractivity contribution in [3.05, 3.63) is 102 Å². The molecular formula is C27H34KNP2Si. The van der Waals surface area contributed by atoms with Crippen LogP contribution < -0.4 is 67.3 Å². The Labute approximate surface area is 240 Å². The van der Waals surface area contributed by atoms with Crippen molar-refractivity contribution in [1.29, 1.82) is 0 Å². The summed E-state index contributed by atoms with van der Waals surface area (Å²) in [5.41, 5.74) is 0.0428. The van der Waals surface area contributed by atoms with Gasteiger partial charge in [-0.2, -0.15) is 0 Å². The molecule has 3 aromatic rings. The normalized spacial score (nSPS) is 13.1. The molecule has 0 aliphatic heterocycles. The van der Waals surface area contributed by atoms with E-state index in [1.54, 1.807) is 0 Å². The molecule has 0 amide bonds. The summed E-state index contributed by atoms with van der Waals surface area (Å²) in [4.78, 5) is 0. The molecule has 0 fully saturated rings. The van der Waals surface area contributed by atoms with E-state index < -0.39 is 15.3 Å². The number of benzene rings is 3. The molecule has 0 saturated carbocycles. The van der Waals surface area contributed by atoms with Crippen molar-refractivity contribution in [2.75, 3.05) is 0 Å². The minimum atomic E-state index is -2.09. The molecule has 0 unspecified atom stereocenters. The van der Waals surface area contributed by atoms with E-state index in [0.717, 1.165) is 0 Å². The third-order valence-corrected chi connectivity index (χ3v) is 13.1. The molecule has 0 atom stereocenters. The molecule has 0 bridgehead atoms. The van der Waals surface area contributed by atoms with Crippen LogP contribution in [0.15, 0.2) is 107 Å². The monoisotopic (exact) mass is 501 g/mol. The fourth-order valence-corrected chi connectivity index (χ4v) is 12.6. The van der Waals surface area contributed by atoms with Gasteiger partial charge in [0.15, 0.2) is 8.24 Å². The molecule has 0 aliphatic rings. The summed E-state index contributed by atoms with van der Waals surface area (Å²) in [6, 6.07) is 32.8. The smallest absolute Gasteiger partial charge is 0.476 e. The van der Waals surface area contributed by atoms with E-state index in [4.69, 9.17) is 4.41 Å². The molecule has 3 aromatic carbocycles. The number of rotatable bonds is 6. The minimum absolute atomic E-state index is 0. The summed E-state index contributed by atoms with van der Waals surface area (Å²) >= 11 is 0. The van der Waals surface area contributed by atoms with Gasteiger partial charge in [0.05, 0.1) is 0 Å². The zero-order valence-corrected chi connectivity index (χ0v) is 26.5. The van der Waals surface area contributed by atoms with Crippen molar-refractivity contribution >= 4 is 39.8 Å². The van der Waals surface area contributed by atoms with Crippen LogP contribution in [-0.4, -0.2) is 8.24 Å². The van der Waals surface area contributed by atoms with Crippen LogP contribution in [0.2, 0.25) is 19.6 Å². The van der Waals surface area contributed by atoms with E-state index >= 15 is 0 Å². The molecule has 1 nitrogen and oxygen atoms in total. The first-order valence-corrected chi connectivity index (χ1v) is 17.0. The SMILES string of the molecule is CC(C)(C)/C(=C/P(=N[Si](C)(C)C)(c1ccccc1)c1ccccc1)[P-]c1ccccc1.[K+]. The van der Waals surface area contributed by atoms with Crippen molar-refractivity contribution in [3.8, 4) is 0 Å². The molecule has 0 spiro atoms. The summed E-state index contributed by atoms with van der Waals surface area (Å²) in [6.07, 6.45) is 0. The van der Waals surface area contributed by atoms with Gasteiger partial charge < -0.3 is 13.0 Å². The Morgan fingerprint density at radius 1 is 0.750 bits per heavy atom. The first kappa shape index (κ1) is 28.2. The predicted molar refractivity (Wildman–Crippen MR) is 145 cm³/mol. The molecule has 5 heteroatoms. The Morgan fingerprint density at radius 2 is 1.16 bits per heavy atom. The maximum absolute atomic E-state index is 5.74. The van der Waals surface area contributed by atoms with Crippen LogP contribution in [0, 0.1) is 5.41 Å². The van der Waals surface area contributed by atoms with Gasteiger partial charge in [-0.15, -0.1) is 0 Å². The molecule has 0 N–H and O–H groups in total. The largest absolute Gasteiger partial charge is 1.00 e. The average molecular weight is 502 g/mol. The third-order valence-electron chi connectivity index (χ3n) is 4.84. The number of allylic oxidation sites excluding steroid dienone is 1. The quantitative estimate of drug-likeness (QED) is 0.339. The summed E-state index contributed by atoms with van der Waals surface area (Å²) < 4.78 is 5.74. The van der Waals surface area contributed by atoms with Crippen molar-refractivity contribution in [2.24, 2.45) is 9.83 Å². The van der Waals surface area contributed by atoms with Gasteiger partial charge in [-0.3, -0.25) is 0 Å². The van der Waals surface area contributed by atoms with E-state index in [9.17, 15) is 0 Å². The van der Waals surface area contributed by atoms with E-state index in [1.165, 1.54) is 29.8 Å². The molecule has 162 valence electrons. The minimum Gasteiger partial charge on any atom is -0.476 e. The van der Waals surface area contributed by atoms with Crippen molar-refractivity contribution in [2.45, 2.75) is 40.4 Å². The average Bonchev–Trinajstić information content (AvgIpc) is 2.73. The number of hydrogen-bond acceptors (Lipinski definition) is 1. The van der Waals surface area contributed by atoms with Gasteiger partial charge in [-0.1, -0.05) is 137 Å². The summed E-state index contributed by atoms with van der Waals surface area (Å²) in [5.74, 6) is 2.57. The maximum Gasteiger partial charge on any atom is 1.00 e. The van der Waals surface area contributed by atoms with Gasteiger partial charge in [-0.05, 0) is 16.0 Å². The van der Waals surface area contributed by atoms with E-state index in [1.807, 2.05) is 0 Å². The van der Waals surface area contributed by atoms with Crippen LogP contribution in [-0.2, 0) is 0 Å². The third kappa shape index (κ3) is 7.72. The molecule has 0 radical (unpaired) electrons.